The first-order valence-corrected chi connectivity index (χ1v) is 5.71. The maximum Gasteiger partial charge on any atom is 0.0444 e. The molecule has 1 rings (SSSR count). The topological polar surface area (TPSA) is 4.93 Å². The van der Waals surface area contributed by atoms with Crippen molar-refractivity contribution in [1.29, 1.82) is 0 Å². The Balaban J connectivity index is 3.44. The van der Waals surface area contributed by atoms with E-state index in [1.807, 2.05) is 6.08 Å². The van der Waals surface area contributed by atoms with Crippen molar-refractivity contribution in [3.63, 3.8) is 0 Å². The van der Waals surface area contributed by atoms with Crippen molar-refractivity contribution in [2.45, 2.75) is 27.2 Å². The van der Waals surface area contributed by atoms with E-state index in [1.165, 1.54) is 22.5 Å². The van der Waals surface area contributed by atoms with E-state index in [4.69, 9.17) is 0 Å². The summed E-state index contributed by atoms with van der Waals surface area (Å²) in [5, 5.41) is 0. The van der Waals surface area contributed by atoms with Crippen LogP contribution in [0.2, 0.25) is 0 Å². The lowest BCUT2D eigenvalue weighted by Gasteiger charge is -2.02. The summed E-state index contributed by atoms with van der Waals surface area (Å²) < 4.78 is 2.24. The summed E-state index contributed by atoms with van der Waals surface area (Å²) >= 11 is 0. The molecule has 0 aliphatic heterocycles. The Morgan fingerprint density at radius 1 is 1.12 bits per heavy atom. The lowest BCUT2D eigenvalue weighted by Crippen LogP contribution is -1.94. The minimum Gasteiger partial charge on any atom is -0.344 e. The van der Waals surface area contributed by atoms with Gasteiger partial charge in [-0.25, -0.2) is 0 Å². The fourth-order valence-electron chi connectivity index (χ4n) is 2.10. The van der Waals surface area contributed by atoms with Gasteiger partial charge in [0, 0.05) is 18.4 Å². The molecule has 0 saturated carbocycles. The zero-order valence-electron chi connectivity index (χ0n) is 10.7. The van der Waals surface area contributed by atoms with Crippen LogP contribution in [0.4, 0.5) is 0 Å². The van der Waals surface area contributed by atoms with Crippen molar-refractivity contribution in [3.8, 4) is 0 Å². The molecule has 0 aliphatic carbocycles. The second kappa shape index (κ2) is 5.55. The molecule has 1 aromatic rings. The van der Waals surface area contributed by atoms with Crippen LogP contribution >= 0.6 is 0 Å². The highest BCUT2D eigenvalue weighted by Crippen LogP contribution is 2.24. The molecule has 0 radical (unpaired) electrons. The van der Waals surface area contributed by atoms with Gasteiger partial charge in [-0.15, -0.1) is 6.58 Å². The predicted octanol–water partition coefficient (Wildman–Crippen LogP) is 4.13. The van der Waals surface area contributed by atoms with Gasteiger partial charge in [0.05, 0.1) is 0 Å². The van der Waals surface area contributed by atoms with Gasteiger partial charge in [-0.2, -0.15) is 0 Å². The van der Waals surface area contributed by atoms with Crippen molar-refractivity contribution in [2.75, 3.05) is 0 Å². The molecule has 1 heterocycles. The number of hydrogen-bond acceptors (Lipinski definition) is 0. The Hall–Kier alpha value is -1.50. The molecule has 0 aliphatic rings. The van der Waals surface area contributed by atoms with Crippen molar-refractivity contribution in [3.05, 3.63) is 47.3 Å². The van der Waals surface area contributed by atoms with Crippen molar-refractivity contribution in [2.24, 2.45) is 7.05 Å². The molecule has 1 aromatic heterocycles. The molecular weight excluding hydrogens is 194 g/mol. The smallest absolute Gasteiger partial charge is 0.0444 e. The summed E-state index contributed by atoms with van der Waals surface area (Å²) in [6, 6.07) is 0. The Labute approximate surface area is 98.8 Å². The Kier molecular flexibility index (Phi) is 4.36. The summed E-state index contributed by atoms with van der Waals surface area (Å²) in [6.45, 7) is 10.1. The highest BCUT2D eigenvalue weighted by molar-refractivity contribution is 5.62. The number of allylic oxidation sites excluding steroid dienone is 3. The second-order valence-electron chi connectivity index (χ2n) is 3.93. The molecule has 0 N–H and O–H groups in total. The minimum atomic E-state index is 0.927. The van der Waals surface area contributed by atoms with Gasteiger partial charge in [-0.05, 0) is 50.5 Å². The largest absolute Gasteiger partial charge is 0.344 e. The molecule has 0 amide bonds. The Bertz CT molecular complexity index is 431. The quantitative estimate of drug-likeness (QED) is 0.666. The highest BCUT2D eigenvalue weighted by atomic mass is 15.0. The third-order valence-corrected chi connectivity index (χ3v) is 2.87. The van der Waals surface area contributed by atoms with Gasteiger partial charge >= 0.3 is 0 Å². The van der Waals surface area contributed by atoms with Crippen LogP contribution in [-0.2, 0) is 13.5 Å². The zero-order chi connectivity index (χ0) is 12.1. The Morgan fingerprint density at radius 2 is 1.69 bits per heavy atom. The van der Waals surface area contributed by atoms with Gasteiger partial charge in [-0.1, -0.05) is 18.2 Å². The van der Waals surface area contributed by atoms with Gasteiger partial charge in [0.25, 0.3) is 0 Å². The van der Waals surface area contributed by atoms with E-state index in [2.05, 4.69) is 63.3 Å². The third-order valence-electron chi connectivity index (χ3n) is 2.87. The first-order chi connectivity index (χ1) is 7.67. The third kappa shape index (κ3) is 2.19. The van der Waals surface area contributed by atoms with Gasteiger partial charge in [0.2, 0.25) is 0 Å². The van der Waals surface area contributed by atoms with E-state index in [9.17, 15) is 0 Å². The van der Waals surface area contributed by atoms with Crippen molar-refractivity contribution >= 4 is 12.2 Å². The lowest BCUT2D eigenvalue weighted by molar-refractivity contribution is 0.894. The molecule has 0 atom stereocenters. The molecule has 0 spiro atoms. The molecule has 0 bridgehead atoms. The molecule has 86 valence electrons. The summed E-state index contributed by atoms with van der Waals surface area (Å²) in [5.74, 6) is 0. The van der Waals surface area contributed by atoms with Crippen molar-refractivity contribution < 1.29 is 0 Å². The zero-order valence-corrected chi connectivity index (χ0v) is 10.7. The van der Waals surface area contributed by atoms with Crippen LogP contribution in [0, 0.1) is 6.92 Å². The minimum absolute atomic E-state index is 0.927. The molecule has 16 heavy (non-hydrogen) atoms. The standard InChI is InChI=1S/C15H21N/c1-6-9-13-12(4)14(10-7-2)16(5)15(13)11-8-3/h6-8,10-11H,1,9H2,2-5H3/b10-7-,11-8-. The van der Waals surface area contributed by atoms with Crippen LogP contribution in [0.5, 0.6) is 0 Å². The summed E-state index contributed by atoms with van der Waals surface area (Å²) in [6.07, 6.45) is 11.4. The van der Waals surface area contributed by atoms with E-state index in [1.54, 1.807) is 0 Å². The van der Waals surface area contributed by atoms with E-state index >= 15 is 0 Å². The average Bonchev–Trinajstić information content (AvgIpc) is 2.47. The monoisotopic (exact) mass is 215 g/mol. The fourth-order valence-corrected chi connectivity index (χ4v) is 2.10. The lowest BCUT2D eigenvalue weighted by atomic mass is 10.1. The van der Waals surface area contributed by atoms with E-state index in [0.717, 1.165) is 6.42 Å². The molecule has 0 aromatic carbocycles. The molecule has 0 saturated heterocycles. The van der Waals surface area contributed by atoms with Gasteiger partial charge < -0.3 is 4.57 Å². The Morgan fingerprint density at radius 3 is 2.19 bits per heavy atom. The van der Waals surface area contributed by atoms with E-state index < -0.39 is 0 Å². The number of rotatable bonds is 4. The first-order valence-electron chi connectivity index (χ1n) is 5.71. The second-order valence-corrected chi connectivity index (χ2v) is 3.93. The van der Waals surface area contributed by atoms with Crippen LogP contribution in [0.1, 0.15) is 36.4 Å². The van der Waals surface area contributed by atoms with Crippen LogP contribution in [-0.4, -0.2) is 4.57 Å². The maximum atomic E-state index is 3.83. The summed E-state index contributed by atoms with van der Waals surface area (Å²) in [5.41, 5.74) is 5.30. The molecule has 1 heteroatoms. The molecule has 0 fully saturated rings. The SMILES string of the molecule is C=CCc1c(C)c(/C=C\C)n(C)c1/C=C\C. The van der Waals surface area contributed by atoms with Crippen molar-refractivity contribution in [1.82, 2.24) is 4.57 Å². The number of aromatic nitrogens is 1. The first kappa shape index (κ1) is 12.6. The predicted molar refractivity (Wildman–Crippen MR) is 73.5 cm³/mol. The molecular formula is C15H21N. The fraction of sp³-hybridized carbons (Fsp3) is 0.333. The summed E-state index contributed by atoms with van der Waals surface area (Å²) in [4.78, 5) is 0. The van der Waals surface area contributed by atoms with Gasteiger partial charge in [0.1, 0.15) is 0 Å². The van der Waals surface area contributed by atoms with Crippen LogP contribution < -0.4 is 0 Å². The van der Waals surface area contributed by atoms with Crippen LogP contribution in [0.3, 0.4) is 0 Å². The van der Waals surface area contributed by atoms with Gasteiger partial charge in [-0.3, -0.25) is 0 Å². The van der Waals surface area contributed by atoms with E-state index in [0.29, 0.717) is 0 Å². The number of hydrogen-bond donors (Lipinski definition) is 0. The normalized spacial score (nSPS) is 11.8. The average molecular weight is 215 g/mol. The van der Waals surface area contributed by atoms with Gasteiger partial charge in [0.15, 0.2) is 0 Å². The molecule has 1 nitrogen and oxygen atoms in total. The highest BCUT2D eigenvalue weighted by Gasteiger charge is 2.12. The maximum absolute atomic E-state index is 3.83. The van der Waals surface area contributed by atoms with E-state index in [-0.39, 0.29) is 0 Å². The molecule has 0 unspecified atom stereocenters. The van der Waals surface area contributed by atoms with Crippen LogP contribution in [0.25, 0.3) is 12.2 Å². The number of nitrogens with zero attached hydrogens (tertiary/aromatic N) is 1. The van der Waals surface area contributed by atoms with Crippen LogP contribution in [0.15, 0.2) is 24.8 Å². The summed E-state index contributed by atoms with van der Waals surface area (Å²) in [7, 11) is 2.12.